The number of aryl methyl sites for hydroxylation is 1. The molecule has 0 radical (unpaired) electrons. The summed E-state index contributed by atoms with van der Waals surface area (Å²) >= 11 is 0. The Kier molecular flexibility index (Phi) is 2.08. The molecule has 1 heterocycles. The first-order valence-corrected chi connectivity index (χ1v) is 8.01. The number of hydrogen-bond donors (Lipinski definition) is 1. The highest BCUT2D eigenvalue weighted by atomic mass is 15.1. The Hall–Kier alpha value is -1.12. The van der Waals surface area contributed by atoms with Crippen molar-refractivity contribution in [1.82, 2.24) is 9.97 Å². The van der Waals surface area contributed by atoms with E-state index in [2.05, 4.69) is 15.3 Å². The van der Waals surface area contributed by atoms with Gasteiger partial charge in [0, 0.05) is 17.3 Å². The van der Waals surface area contributed by atoms with Crippen molar-refractivity contribution < 1.29 is 0 Å². The van der Waals surface area contributed by atoms with Gasteiger partial charge in [-0.1, -0.05) is 0 Å². The van der Waals surface area contributed by atoms with Gasteiger partial charge in [0.2, 0.25) is 0 Å². The summed E-state index contributed by atoms with van der Waals surface area (Å²) in [5.41, 5.74) is 2.73. The van der Waals surface area contributed by atoms with Crippen molar-refractivity contribution >= 4 is 5.82 Å². The van der Waals surface area contributed by atoms with Crippen LogP contribution < -0.4 is 5.32 Å². The second kappa shape index (κ2) is 3.71. The minimum atomic E-state index is 0.743. The maximum absolute atomic E-state index is 4.55. The van der Waals surface area contributed by atoms with E-state index in [1.165, 1.54) is 55.6 Å². The van der Waals surface area contributed by atoms with Gasteiger partial charge in [-0.2, -0.15) is 0 Å². The Morgan fingerprint density at radius 2 is 1.79 bits per heavy atom. The first-order valence-electron chi connectivity index (χ1n) is 8.01. The van der Waals surface area contributed by atoms with E-state index < -0.39 is 0 Å². The molecule has 4 aliphatic rings. The van der Waals surface area contributed by atoms with Gasteiger partial charge in [0.1, 0.15) is 12.1 Å². The first-order chi connectivity index (χ1) is 9.42. The molecule has 0 saturated heterocycles. The van der Waals surface area contributed by atoms with Gasteiger partial charge in [0.15, 0.2) is 0 Å². The fourth-order valence-corrected chi connectivity index (χ4v) is 5.32. The SMILES string of the molecule is c1nc2c(c(NC3C4C5CCC(C5)C34)n1)CCCC2. The molecular weight excluding hydrogens is 234 g/mol. The fourth-order valence-electron chi connectivity index (χ4n) is 5.32. The van der Waals surface area contributed by atoms with E-state index in [0.29, 0.717) is 0 Å². The zero-order valence-electron chi connectivity index (χ0n) is 11.3. The van der Waals surface area contributed by atoms with Gasteiger partial charge < -0.3 is 5.32 Å². The van der Waals surface area contributed by atoms with Crippen LogP contribution in [-0.2, 0) is 12.8 Å². The van der Waals surface area contributed by atoms with Crippen LogP contribution in [0.3, 0.4) is 0 Å². The van der Waals surface area contributed by atoms with E-state index in [-0.39, 0.29) is 0 Å². The highest BCUT2D eigenvalue weighted by Crippen LogP contribution is 2.66. The van der Waals surface area contributed by atoms with Crippen molar-refractivity contribution in [3.8, 4) is 0 Å². The third-order valence-electron chi connectivity index (χ3n) is 6.16. The van der Waals surface area contributed by atoms with Crippen LogP contribution in [0.25, 0.3) is 0 Å². The van der Waals surface area contributed by atoms with Crippen LogP contribution in [0.1, 0.15) is 43.4 Å². The lowest BCUT2D eigenvalue weighted by molar-refractivity contribution is 0.456. The molecule has 5 rings (SSSR count). The summed E-state index contributed by atoms with van der Waals surface area (Å²) in [6.07, 6.45) is 11.2. The molecule has 0 spiro atoms. The number of nitrogens with zero attached hydrogens (tertiary/aromatic N) is 2. The fraction of sp³-hybridized carbons (Fsp3) is 0.750. The first kappa shape index (κ1) is 10.6. The predicted octanol–water partition coefficient (Wildman–Crippen LogP) is 2.81. The molecule has 100 valence electrons. The van der Waals surface area contributed by atoms with Crippen LogP contribution >= 0.6 is 0 Å². The van der Waals surface area contributed by atoms with Gasteiger partial charge in [0.05, 0.1) is 0 Å². The molecule has 1 N–H and O–H groups in total. The molecule has 4 atom stereocenters. The standard InChI is InChI=1S/C16H21N3/c1-2-4-12-11(3-1)16(18-8-17-12)19-15-13-9-5-6-10(7-9)14(13)15/h8-10,13-15H,1-7H2,(H,17,18,19). The Bertz CT molecular complexity index is 511. The molecule has 2 bridgehead atoms. The summed E-state index contributed by atoms with van der Waals surface area (Å²) < 4.78 is 0. The number of nitrogens with one attached hydrogen (secondary N) is 1. The van der Waals surface area contributed by atoms with Crippen LogP contribution in [0.4, 0.5) is 5.82 Å². The molecule has 19 heavy (non-hydrogen) atoms. The quantitative estimate of drug-likeness (QED) is 0.883. The molecule has 0 amide bonds. The maximum atomic E-state index is 4.55. The van der Waals surface area contributed by atoms with Gasteiger partial charge in [-0.15, -0.1) is 0 Å². The highest BCUT2D eigenvalue weighted by molar-refractivity contribution is 5.50. The zero-order chi connectivity index (χ0) is 12.4. The van der Waals surface area contributed by atoms with Crippen LogP contribution in [-0.4, -0.2) is 16.0 Å². The van der Waals surface area contributed by atoms with Crippen molar-refractivity contribution in [1.29, 1.82) is 0 Å². The molecule has 3 heteroatoms. The van der Waals surface area contributed by atoms with Crippen molar-refractivity contribution in [3.05, 3.63) is 17.6 Å². The van der Waals surface area contributed by atoms with Gasteiger partial charge in [-0.05, 0) is 68.6 Å². The lowest BCUT2D eigenvalue weighted by Crippen LogP contribution is -2.17. The van der Waals surface area contributed by atoms with Crippen molar-refractivity contribution in [2.75, 3.05) is 5.32 Å². The van der Waals surface area contributed by atoms with E-state index in [1.54, 1.807) is 6.33 Å². The average Bonchev–Trinajstić information content (AvgIpc) is 2.84. The molecule has 4 unspecified atom stereocenters. The molecule has 1 aromatic heterocycles. The molecular formula is C16H21N3. The lowest BCUT2D eigenvalue weighted by Gasteiger charge is -2.19. The van der Waals surface area contributed by atoms with E-state index in [4.69, 9.17) is 0 Å². The smallest absolute Gasteiger partial charge is 0.133 e. The second-order valence-electron chi connectivity index (χ2n) is 7.01. The molecule has 3 saturated carbocycles. The van der Waals surface area contributed by atoms with Gasteiger partial charge in [0.25, 0.3) is 0 Å². The van der Waals surface area contributed by atoms with Crippen LogP contribution in [0.5, 0.6) is 0 Å². The molecule has 3 nitrogen and oxygen atoms in total. The summed E-state index contributed by atoms with van der Waals surface area (Å²) in [6.45, 7) is 0. The van der Waals surface area contributed by atoms with E-state index in [9.17, 15) is 0 Å². The van der Waals surface area contributed by atoms with Crippen molar-refractivity contribution in [2.45, 2.75) is 51.0 Å². The average molecular weight is 255 g/mol. The van der Waals surface area contributed by atoms with Crippen LogP contribution in [0.2, 0.25) is 0 Å². The largest absolute Gasteiger partial charge is 0.366 e. The van der Waals surface area contributed by atoms with Gasteiger partial charge in [-0.25, -0.2) is 9.97 Å². The monoisotopic (exact) mass is 255 g/mol. The Balaban J connectivity index is 1.41. The van der Waals surface area contributed by atoms with Gasteiger partial charge in [-0.3, -0.25) is 0 Å². The maximum Gasteiger partial charge on any atom is 0.133 e. The summed E-state index contributed by atoms with van der Waals surface area (Å²) in [6, 6.07) is 0.743. The number of fused-ring (bicyclic) bond motifs is 6. The summed E-state index contributed by atoms with van der Waals surface area (Å²) in [5, 5.41) is 3.80. The van der Waals surface area contributed by atoms with Crippen LogP contribution in [0.15, 0.2) is 6.33 Å². The molecule has 1 aromatic rings. The van der Waals surface area contributed by atoms with Gasteiger partial charge >= 0.3 is 0 Å². The zero-order valence-corrected chi connectivity index (χ0v) is 11.3. The summed E-state index contributed by atoms with van der Waals surface area (Å²) in [5.74, 6) is 5.19. The lowest BCUT2D eigenvalue weighted by atomic mass is 9.96. The normalized spacial score (nSPS) is 41.8. The van der Waals surface area contributed by atoms with E-state index in [0.717, 1.165) is 36.1 Å². The third kappa shape index (κ3) is 1.44. The summed E-state index contributed by atoms with van der Waals surface area (Å²) in [4.78, 5) is 9.02. The molecule has 0 aliphatic heterocycles. The van der Waals surface area contributed by atoms with Crippen LogP contribution in [0, 0.1) is 23.7 Å². The number of rotatable bonds is 2. The number of aromatic nitrogens is 2. The predicted molar refractivity (Wildman–Crippen MR) is 73.9 cm³/mol. The minimum absolute atomic E-state index is 0.743. The molecule has 3 fully saturated rings. The van der Waals surface area contributed by atoms with E-state index in [1.807, 2.05) is 0 Å². The second-order valence-corrected chi connectivity index (χ2v) is 7.01. The number of hydrogen-bond acceptors (Lipinski definition) is 3. The van der Waals surface area contributed by atoms with E-state index >= 15 is 0 Å². The number of anilines is 1. The Morgan fingerprint density at radius 1 is 1.00 bits per heavy atom. The highest BCUT2D eigenvalue weighted by Gasteiger charge is 2.65. The third-order valence-corrected chi connectivity index (χ3v) is 6.16. The topological polar surface area (TPSA) is 37.8 Å². The molecule has 4 aliphatic carbocycles. The minimum Gasteiger partial charge on any atom is -0.366 e. The van der Waals surface area contributed by atoms with Crippen molar-refractivity contribution in [2.24, 2.45) is 23.7 Å². The summed E-state index contributed by atoms with van der Waals surface area (Å²) in [7, 11) is 0. The van der Waals surface area contributed by atoms with Crippen molar-refractivity contribution in [3.63, 3.8) is 0 Å². The Labute approximate surface area is 114 Å². The molecule has 0 aromatic carbocycles. The Morgan fingerprint density at radius 3 is 2.63 bits per heavy atom.